The molecule has 1 rings (SSSR count). The summed E-state index contributed by atoms with van der Waals surface area (Å²) in [6.45, 7) is 9.09. The Morgan fingerprint density at radius 2 is 2.00 bits per heavy atom. The minimum atomic E-state index is -0.417. The fourth-order valence-corrected chi connectivity index (χ4v) is 3.95. The van der Waals surface area contributed by atoms with E-state index < -0.39 is 9.52 Å². The Bertz CT molecular complexity index is 474. The number of rotatable bonds is 11. The van der Waals surface area contributed by atoms with Gasteiger partial charge in [0.1, 0.15) is 0 Å². The van der Waals surface area contributed by atoms with Crippen LogP contribution in [-0.2, 0) is 9.53 Å². The molecular formula is C17H26O4Si. The molecule has 1 aromatic carbocycles. The lowest BCUT2D eigenvalue weighted by Crippen LogP contribution is -2.18. The third-order valence-electron chi connectivity index (χ3n) is 3.15. The zero-order chi connectivity index (χ0) is 16.2. The van der Waals surface area contributed by atoms with Crippen LogP contribution in [0, 0.1) is 0 Å². The molecule has 122 valence electrons. The van der Waals surface area contributed by atoms with E-state index in [4.69, 9.17) is 14.2 Å². The highest BCUT2D eigenvalue weighted by atomic mass is 28.2. The molecule has 0 aromatic heterocycles. The fourth-order valence-electron chi connectivity index (χ4n) is 2.16. The normalized spacial score (nSPS) is 10.6. The second-order valence-corrected chi connectivity index (χ2v) is 6.76. The van der Waals surface area contributed by atoms with Crippen LogP contribution in [0.4, 0.5) is 0 Å². The second-order valence-electron chi connectivity index (χ2n) is 4.79. The molecule has 0 aliphatic heterocycles. The van der Waals surface area contributed by atoms with Gasteiger partial charge in [0.05, 0.1) is 29.3 Å². The van der Waals surface area contributed by atoms with Crippen molar-refractivity contribution in [2.45, 2.75) is 32.7 Å². The van der Waals surface area contributed by atoms with E-state index in [0.29, 0.717) is 19.8 Å². The third kappa shape index (κ3) is 6.35. The van der Waals surface area contributed by atoms with Gasteiger partial charge in [-0.1, -0.05) is 31.2 Å². The van der Waals surface area contributed by atoms with E-state index in [2.05, 4.69) is 12.6 Å². The number of carbonyl (C=O) groups excluding carboxylic acids is 1. The highest BCUT2D eigenvalue weighted by Gasteiger charge is 2.10. The Balaban J connectivity index is 2.45. The first-order valence-corrected chi connectivity index (χ1v) is 9.60. The molecule has 0 saturated heterocycles. The van der Waals surface area contributed by atoms with Crippen LogP contribution in [0.1, 0.15) is 26.7 Å². The predicted octanol–water partition coefficient (Wildman–Crippen LogP) is 2.21. The molecule has 0 aliphatic rings. The Labute approximate surface area is 135 Å². The van der Waals surface area contributed by atoms with Gasteiger partial charge in [0.2, 0.25) is 0 Å². The molecule has 5 heteroatoms. The van der Waals surface area contributed by atoms with Crippen molar-refractivity contribution in [3.8, 4) is 11.5 Å². The van der Waals surface area contributed by atoms with Crippen LogP contribution in [0.25, 0.3) is 0 Å². The molecule has 0 unspecified atom stereocenters. The first-order valence-electron chi connectivity index (χ1n) is 7.89. The average Bonchev–Trinajstić information content (AvgIpc) is 2.53. The maximum Gasteiger partial charge on any atom is 0.330 e. The van der Waals surface area contributed by atoms with Gasteiger partial charge in [-0.15, -0.1) is 0 Å². The molecule has 0 amide bonds. The number of para-hydroxylation sites is 1. The largest absolute Gasteiger partial charge is 0.490 e. The molecular weight excluding hydrogens is 296 g/mol. The lowest BCUT2D eigenvalue weighted by atomic mass is 10.3. The highest BCUT2D eigenvalue weighted by Crippen LogP contribution is 2.24. The summed E-state index contributed by atoms with van der Waals surface area (Å²) in [6, 6.07) is 7.28. The maximum atomic E-state index is 10.9. The highest BCUT2D eigenvalue weighted by molar-refractivity contribution is 6.54. The standard InChI is InChI=1S/C17H26O4Si/c1-4-16(18)21-12-7-8-13-22-15-11-9-10-14(19-5-2)17(15)20-6-3/h4,9-11H,1,5-8,12-13,22H2,2-3H3. The van der Waals surface area contributed by atoms with E-state index >= 15 is 0 Å². The summed E-state index contributed by atoms with van der Waals surface area (Å²) in [6.07, 6.45) is 3.14. The van der Waals surface area contributed by atoms with Gasteiger partial charge < -0.3 is 14.2 Å². The van der Waals surface area contributed by atoms with E-state index in [9.17, 15) is 4.79 Å². The summed E-state index contributed by atoms with van der Waals surface area (Å²) in [7, 11) is -0.417. The van der Waals surface area contributed by atoms with Gasteiger partial charge in [-0.05, 0) is 31.5 Å². The number of unbranched alkanes of at least 4 members (excludes halogenated alkanes) is 1. The van der Waals surface area contributed by atoms with Gasteiger partial charge in [0.25, 0.3) is 0 Å². The number of hydrogen-bond acceptors (Lipinski definition) is 4. The van der Waals surface area contributed by atoms with Crippen molar-refractivity contribution in [1.82, 2.24) is 0 Å². The van der Waals surface area contributed by atoms with Crippen LogP contribution in [0.3, 0.4) is 0 Å². The van der Waals surface area contributed by atoms with Crippen LogP contribution in [0.2, 0.25) is 6.04 Å². The lowest BCUT2D eigenvalue weighted by Gasteiger charge is -2.15. The summed E-state index contributed by atoms with van der Waals surface area (Å²) < 4.78 is 16.4. The molecule has 0 atom stereocenters. The smallest absolute Gasteiger partial charge is 0.330 e. The van der Waals surface area contributed by atoms with Crippen LogP contribution in [-0.4, -0.2) is 35.3 Å². The van der Waals surface area contributed by atoms with Crippen molar-refractivity contribution in [2.75, 3.05) is 19.8 Å². The first kappa shape index (κ1) is 18.3. The van der Waals surface area contributed by atoms with Crippen LogP contribution in [0.15, 0.2) is 30.9 Å². The molecule has 0 spiro atoms. The van der Waals surface area contributed by atoms with Crippen LogP contribution >= 0.6 is 0 Å². The van der Waals surface area contributed by atoms with Gasteiger partial charge in [-0.25, -0.2) is 4.79 Å². The number of benzene rings is 1. The Kier molecular flexibility index (Phi) is 9.06. The van der Waals surface area contributed by atoms with E-state index in [0.717, 1.165) is 30.4 Å². The maximum absolute atomic E-state index is 10.9. The van der Waals surface area contributed by atoms with Gasteiger partial charge in [-0.3, -0.25) is 0 Å². The molecule has 0 saturated carbocycles. The van der Waals surface area contributed by atoms with Crippen molar-refractivity contribution in [3.05, 3.63) is 30.9 Å². The molecule has 4 nitrogen and oxygen atoms in total. The van der Waals surface area contributed by atoms with E-state index in [1.54, 1.807) is 0 Å². The summed E-state index contributed by atoms with van der Waals surface area (Å²) in [5.41, 5.74) is 0. The number of carbonyl (C=O) groups is 1. The Morgan fingerprint density at radius 3 is 2.68 bits per heavy atom. The molecule has 0 fully saturated rings. The Hall–Kier alpha value is -1.75. The summed E-state index contributed by atoms with van der Waals surface area (Å²) in [5.74, 6) is 1.41. The molecule has 0 heterocycles. The second kappa shape index (κ2) is 10.9. The molecule has 1 aromatic rings. The number of hydrogen-bond donors (Lipinski definition) is 0. The van der Waals surface area contributed by atoms with Gasteiger partial charge in [-0.2, -0.15) is 0 Å². The van der Waals surface area contributed by atoms with Crippen molar-refractivity contribution in [1.29, 1.82) is 0 Å². The van der Waals surface area contributed by atoms with E-state index in [-0.39, 0.29) is 5.97 Å². The van der Waals surface area contributed by atoms with Gasteiger partial charge >= 0.3 is 5.97 Å². The van der Waals surface area contributed by atoms with Gasteiger partial charge in [0.15, 0.2) is 11.5 Å². The van der Waals surface area contributed by atoms with Crippen LogP contribution < -0.4 is 14.7 Å². The number of esters is 1. The summed E-state index contributed by atoms with van der Waals surface area (Å²) in [4.78, 5) is 10.9. The van der Waals surface area contributed by atoms with Crippen molar-refractivity contribution >= 4 is 20.7 Å². The fraction of sp³-hybridized carbons (Fsp3) is 0.471. The van der Waals surface area contributed by atoms with Crippen LogP contribution in [0.5, 0.6) is 11.5 Å². The molecule has 0 N–H and O–H groups in total. The minimum Gasteiger partial charge on any atom is -0.490 e. The topological polar surface area (TPSA) is 44.8 Å². The summed E-state index contributed by atoms with van der Waals surface area (Å²) >= 11 is 0. The molecule has 0 aliphatic carbocycles. The molecule has 0 radical (unpaired) electrons. The monoisotopic (exact) mass is 322 g/mol. The lowest BCUT2D eigenvalue weighted by molar-refractivity contribution is -0.137. The average molecular weight is 322 g/mol. The molecule has 22 heavy (non-hydrogen) atoms. The third-order valence-corrected chi connectivity index (χ3v) is 5.10. The quantitative estimate of drug-likeness (QED) is 0.271. The number of ether oxygens (including phenoxy) is 3. The SMILES string of the molecule is C=CC(=O)OCCCC[SiH2]c1cccc(OCC)c1OCC. The van der Waals surface area contributed by atoms with E-state index in [1.165, 1.54) is 11.3 Å². The predicted molar refractivity (Wildman–Crippen MR) is 92.2 cm³/mol. The summed E-state index contributed by atoms with van der Waals surface area (Å²) in [5, 5.41) is 1.30. The molecule has 0 bridgehead atoms. The first-order chi connectivity index (χ1) is 10.7. The van der Waals surface area contributed by atoms with E-state index in [1.807, 2.05) is 26.0 Å². The Morgan fingerprint density at radius 1 is 1.23 bits per heavy atom. The zero-order valence-electron chi connectivity index (χ0n) is 13.6. The van der Waals surface area contributed by atoms with Crippen molar-refractivity contribution in [3.63, 3.8) is 0 Å². The zero-order valence-corrected chi connectivity index (χ0v) is 15.0. The van der Waals surface area contributed by atoms with Crippen molar-refractivity contribution in [2.24, 2.45) is 0 Å². The minimum absolute atomic E-state index is 0.347. The van der Waals surface area contributed by atoms with Crippen molar-refractivity contribution < 1.29 is 19.0 Å². The van der Waals surface area contributed by atoms with Gasteiger partial charge in [0, 0.05) is 6.08 Å².